The highest BCUT2D eigenvalue weighted by molar-refractivity contribution is 6.22. The maximum Gasteiger partial charge on any atom is 0.0851 e. The smallest absolute Gasteiger partial charge is 0.0851 e. The van der Waals surface area contributed by atoms with E-state index in [9.17, 15) is 0 Å². The van der Waals surface area contributed by atoms with E-state index in [0.29, 0.717) is 5.88 Å². The van der Waals surface area contributed by atoms with Crippen LogP contribution in [0, 0.1) is 0 Å². The van der Waals surface area contributed by atoms with E-state index in [1.165, 1.54) is 0 Å². The molecule has 0 aromatic carbocycles. The number of alkyl halides is 1. The minimum Gasteiger partial charge on any atom is -0.261 e. The lowest BCUT2D eigenvalue weighted by Gasteiger charge is -1.96. The summed E-state index contributed by atoms with van der Waals surface area (Å²) >= 11 is 5.52. The molecular weight excluding hydrogens is 148 g/mol. The maximum absolute atomic E-state index is 5.52. The van der Waals surface area contributed by atoms with Gasteiger partial charge in [-0.1, -0.05) is 6.58 Å². The Kier molecular flexibility index (Phi) is 2.40. The molecule has 0 N–H and O–H groups in total. The molecule has 1 aromatic rings. The molecule has 3 heteroatoms. The Bertz CT molecular complexity index is 220. The summed E-state index contributed by atoms with van der Waals surface area (Å²) in [6.07, 6.45) is 4.88. The molecule has 0 aliphatic carbocycles. The van der Waals surface area contributed by atoms with E-state index >= 15 is 0 Å². The molecule has 10 heavy (non-hydrogen) atoms. The monoisotopic (exact) mass is 154 g/mol. The van der Waals surface area contributed by atoms with E-state index in [1.54, 1.807) is 18.6 Å². The van der Waals surface area contributed by atoms with Gasteiger partial charge in [0.2, 0.25) is 0 Å². The van der Waals surface area contributed by atoms with Crippen molar-refractivity contribution in [3.63, 3.8) is 0 Å². The van der Waals surface area contributed by atoms with Crippen LogP contribution in [0.25, 0.3) is 5.57 Å². The first-order valence-electron chi connectivity index (χ1n) is 2.84. The lowest BCUT2D eigenvalue weighted by Crippen LogP contribution is -1.88. The van der Waals surface area contributed by atoms with Crippen molar-refractivity contribution in [3.8, 4) is 0 Å². The third-order valence-electron chi connectivity index (χ3n) is 1.09. The summed E-state index contributed by atoms with van der Waals surface area (Å²) in [5.41, 5.74) is 1.56. The minimum absolute atomic E-state index is 0.401. The lowest BCUT2D eigenvalue weighted by atomic mass is 10.3. The second kappa shape index (κ2) is 3.32. The Morgan fingerprint density at radius 1 is 1.60 bits per heavy atom. The van der Waals surface area contributed by atoms with Gasteiger partial charge in [-0.3, -0.25) is 9.97 Å². The van der Waals surface area contributed by atoms with Gasteiger partial charge in [-0.2, -0.15) is 0 Å². The predicted octanol–water partition coefficient (Wildman–Crippen LogP) is 1.73. The molecule has 0 unspecified atom stereocenters. The van der Waals surface area contributed by atoms with E-state index in [4.69, 9.17) is 11.6 Å². The Hall–Kier alpha value is -0.890. The van der Waals surface area contributed by atoms with E-state index in [1.807, 2.05) is 0 Å². The summed E-state index contributed by atoms with van der Waals surface area (Å²) in [5.74, 6) is 0.401. The zero-order valence-corrected chi connectivity index (χ0v) is 6.17. The Morgan fingerprint density at radius 2 is 2.40 bits per heavy atom. The van der Waals surface area contributed by atoms with E-state index in [0.717, 1.165) is 11.3 Å². The molecule has 0 atom stereocenters. The predicted molar refractivity (Wildman–Crippen MR) is 41.8 cm³/mol. The summed E-state index contributed by atoms with van der Waals surface area (Å²) in [7, 11) is 0. The number of aromatic nitrogens is 2. The van der Waals surface area contributed by atoms with Crippen molar-refractivity contribution in [1.82, 2.24) is 9.97 Å². The van der Waals surface area contributed by atoms with Gasteiger partial charge in [-0.25, -0.2) is 0 Å². The van der Waals surface area contributed by atoms with Gasteiger partial charge in [0.15, 0.2) is 0 Å². The Labute approximate surface area is 64.6 Å². The molecule has 0 spiro atoms. The molecule has 0 bridgehead atoms. The van der Waals surface area contributed by atoms with Gasteiger partial charge in [0.25, 0.3) is 0 Å². The summed E-state index contributed by atoms with van der Waals surface area (Å²) in [5, 5.41) is 0. The van der Waals surface area contributed by atoms with Crippen LogP contribution in [0.3, 0.4) is 0 Å². The number of rotatable bonds is 2. The molecule has 0 amide bonds. The molecule has 0 aliphatic rings. The van der Waals surface area contributed by atoms with Crippen LogP contribution >= 0.6 is 11.6 Å². The van der Waals surface area contributed by atoms with Crippen molar-refractivity contribution in [2.45, 2.75) is 0 Å². The summed E-state index contributed by atoms with van der Waals surface area (Å²) in [6.45, 7) is 3.71. The molecule has 0 fully saturated rings. The van der Waals surface area contributed by atoms with Gasteiger partial charge >= 0.3 is 0 Å². The highest BCUT2D eigenvalue weighted by Crippen LogP contribution is 2.07. The molecular formula is C7H7ClN2. The Balaban J connectivity index is 2.85. The van der Waals surface area contributed by atoms with Crippen LogP contribution in [-0.4, -0.2) is 15.8 Å². The van der Waals surface area contributed by atoms with Gasteiger partial charge in [-0.15, -0.1) is 11.6 Å². The fraction of sp³-hybridized carbons (Fsp3) is 0.143. The fourth-order valence-corrected chi connectivity index (χ4v) is 0.687. The second-order valence-corrected chi connectivity index (χ2v) is 2.10. The van der Waals surface area contributed by atoms with Gasteiger partial charge in [0.1, 0.15) is 0 Å². The summed E-state index contributed by atoms with van der Waals surface area (Å²) in [6, 6.07) is 0. The topological polar surface area (TPSA) is 25.8 Å². The summed E-state index contributed by atoms with van der Waals surface area (Å²) in [4.78, 5) is 7.87. The number of nitrogens with zero attached hydrogens (tertiary/aromatic N) is 2. The van der Waals surface area contributed by atoms with Gasteiger partial charge in [0, 0.05) is 18.3 Å². The van der Waals surface area contributed by atoms with Gasteiger partial charge in [0.05, 0.1) is 11.9 Å². The number of halogens is 1. The molecule has 1 aromatic heterocycles. The zero-order chi connectivity index (χ0) is 7.40. The molecule has 0 radical (unpaired) electrons. The lowest BCUT2D eigenvalue weighted by molar-refractivity contribution is 1.17. The van der Waals surface area contributed by atoms with Gasteiger partial charge in [-0.05, 0) is 5.57 Å². The standard InChI is InChI=1S/C7H7ClN2/c1-6(4-8)7-5-9-2-3-10-7/h2-3,5H,1,4H2. The van der Waals surface area contributed by atoms with Crippen molar-refractivity contribution in [2.24, 2.45) is 0 Å². The Morgan fingerprint density at radius 3 is 2.90 bits per heavy atom. The molecule has 1 rings (SSSR count). The van der Waals surface area contributed by atoms with Crippen molar-refractivity contribution in [2.75, 3.05) is 5.88 Å². The number of hydrogen-bond donors (Lipinski definition) is 0. The van der Waals surface area contributed by atoms with Crippen molar-refractivity contribution >= 4 is 17.2 Å². The molecule has 52 valence electrons. The fourth-order valence-electron chi connectivity index (χ4n) is 0.550. The summed E-state index contributed by atoms with van der Waals surface area (Å²) < 4.78 is 0. The van der Waals surface area contributed by atoms with E-state index in [-0.39, 0.29) is 0 Å². The van der Waals surface area contributed by atoms with Crippen LogP contribution in [0.4, 0.5) is 0 Å². The van der Waals surface area contributed by atoms with Crippen molar-refractivity contribution < 1.29 is 0 Å². The minimum atomic E-state index is 0.401. The average molecular weight is 155 g/mol. The van der Waals surface area contributed by atoms with Gasteiger partial charge < -0.3 is 0 Å². The van der Waals surface area contributed by atoms with E-state index < -0.39 is 0 Å². The third-order valence-corrected chi connectivity index (χ3v) is 1.41. The average Bonchev–Trinajstić information content (AvgIpc) is 2.05. The molecule has 0 aliphatic heterocycles. The zero-order valence-electron chi connectivity index (χ0n) is 5.42. The van der Waals surface area contributed by atoms with Crippen LogP contribution in [0.5, 0.6) is 0 Å². The first kappa shape index (κ1) is 7.22. The quantitative estimate of drug-likeness (QED) is 0.607. The van der Waals surface area contributed by atoms with Crippen LogP contribution in [0.15, 0.2) is 25.2 Å². The van der Waals surface area contributed by atoms with Crippen LogP contribution in [0.2, 0.25) is 0 Å². The maximum atomic E-state index is 5.52. The normalized spacial score (nSPS) is 9.30. The number of allylic oxidation sites excluding steroid dienone is 1. The second-order valence-electron chi connectivity index (χ2n) is 1.83. The SMILES string of the molecule is C=C(CCl)c1cnccn1. The van der Waals surface area contributed by atoms with Crippen LogP contribution < -0.4 is 0 Å². The first-order valence-corrected chi connectivity index (χ1v) is 3.38. The van der Waals surface area contributed by atoms with Crippen molar-refractivity contribution in [3.05, 3.63) is 30.9 Å². The van der Waals surface area contributed by atoms with Crippen LogP contribution in [-0.2, 0) is 0 Å². The molecule has 2 nitrogen and oxygen atoms in total. The van der Waals surface area contributed by atoms with Crippen LogP contribution in [0.1, 0.15) is 5.69 Å². The molecule has 0 saturated heterocycles. The highest BCUT2D eigenvalue weighted by Gasteiger charge is 1.95. The highest BCUT2D eigenvalue weighted by atomic mass is 35.5. The molecule has 1 heterocycles. The largest absolute Gasteiger partial charge is 0.261 e. The first-order chi connectivity index (χ1) is 4.84. The van der Waals surface area contributed by atoms with Crippen molar-refractivity contribution in [1.29, 1.82) is 0 Å². The molecule has 0 saturated carbocycles. The third kappa shape index (κ3) is 1.54. The van der Waals surface area contributed by atoms with E-state index in [2.05, 4.69) is 16.5 Å². The number of hydrogen-bond acceptors (Lipinski definition) is 2.